The van der Waals surface area contributed by atoms with E-state index in [1.807, 2.05) is 5.70 Å². The van der Waals surface area contributed by atoms with Crippen molar-refractivity contribution in [3.05, 3.63) is 12.3 Å². The van der Waals surface area contributed by atoms with Crippen LogP contribution in [0.15, 0.2) is 5.70 Å². The highest BCUT2D eigenvalue weighted by Crippen LogP contribution is 2.18. The molecule has 1 heteroatoms. The third kappa shape index (κ3) is 1.48. The maximum absolute atomic E-state index is 5.44. The molecule has 1 radical (unpaired) electrons. The molecule has 0 aromatic heterocycles. The molecular weight excluding hydrogens is 112 g/mol. The topological polar surface area (TPSA) is 0 Å². The minimum Gasteiger partial charge on any atom is -0.0977 e. The van der Waals surface area contributed by atoms with Crippen LogP contribution in [0.3, 0.4) is 0 Å². The molecule has 1 aliphatic rings. The fourth-order valence-electron chi connectivity index (χ4n) is 1.33. The number of hydrogen-bond donors (Lipinski definition) is 0. The monoisotopic (exact) mass is 125 g/mol. The minimum absolute atomic E-state index is 0.453. The summed E-state index contributed by atoms with van der Waals surface area (Å²) in [6.45, 7) is 5.44. The largest absolute Gasteiger partial charge is 0.0977 e. The molecule has 0 bridgehead atoms. The summed E-state index contributed by atoms with van der Waals surface area (Å²) in [6.07, 6.45) is 4.35. The van der Waals surface area contributed by atoms with E-state index in [1.54, 1.807) is 0 Å². The average Bonchev–Trinajstić information content (AvgIpc) is 1.90. The first-order chi connectivity index (χ1) is 3.93. The third-order valence-corrected chi connectivity index (χ3v) is 4.77. The van der Waals surface area contributed by atoms with Gasteiger partial charge >= 0.3 is 0 Å². The van der Waals surface area contributed by atoms with Gasteiger partial charge in [0.25, 0.3) is 0 Å². The Labute approximate surface area is 53.2 Å². The van der Waals surface area contributed by atoms with Crippen molar-refractivity contribution < 1.29 is 0 Å². The molecular formula is C7H13Si. The van der Waals surface area contributed by atoms with E-state index in [9.17, 15) is 0 Å². The Morgan fingerprint density at radius 2 is 1.75 bits per heavy atom. The first-order valence-corrected chi connectivity index (χ1v) is 5.78. The molecule has 1 aliphatic heterocycles. The maximum Gasteiger partial charge on any atom is 0.0615 e. The van der Waals surface area contributed by atoms with Gasteiger partial charge in [0, 0.05) is 0 Å². The minimum atomic E-state index is -0.453. The molecule has 1 fully saturated rings. The van der Waals surface area contributed by atoms with Crippen molar-refractivity contribution in [1.82, 2.24) is 0 Å². The van der Waals surface area contributed by atoms with E-state index in [2.05, 4.69) is 0 Å². The van der Waals surface area contributed by atoms with E-state index in [0.29, 0.717) is 0 Å². The van der Waals surface area contributed by atoms with Gasteiger partial charge < -0.3 is 0 Å². The summed E-state index contributed by atoms with van der Waals surface area (Å²) < 4.78 is 0. The summed E-state index contributed by atoms with van der Waals surface area (Å²) in [5.74, 6) is 0. The Kier molecular flexibility index (Phi) is 2.34. The lowest BCUT2D eigenvalue weighted by Gasteiger charge is -2.15. The Balaban J connectivity index is 2.22. The van der Waals surface area contributed by atoms with Crippen LogP contribution < -0.4 is 0 Å². The summed E-state index contributed by atoms with van der Waals surface area (Å²) >= 11 is 0. The third-order valence-electron chi connectivity index (χ3n) is 1.92. The SMILES string of the molecule is [CH]=C[SiH]1CCCCC1. The highest BCUT2D eigenvalue weighted by Gasteiger charge is 2.09. The van der Waals surface area contributed by atoms with Gasteiger partial charge in [0.05, 0.1) is 8.80 Å². The average molecular weight is 125 g/mol. The van der Waals surface area contributed by atoms with Gasteiger partial charge in [0.15, 0.2) is 0 Å². The summed E-state index contributed by atoms with van der Waals surface area (Å²) in [4.78, 5) is 0. The number of hydrogen-bond acceptors (Lipinski definition) is 0. The van der Waals surface area contributed by atoms with Crippen molar-refractivity contribution in [3.8, 4) is 0 Å². The van der Waals surface area contributed by atoms with Crippen LogP contribution in [-0.4, -0.2) is 8.80 Å². The second-order valence-electron chi connectivity index (χ2n) is 2.59. The van der Waals surface area contributed by atoms with Crippen molar-refractivity contribution in [2.75, 3.05) is 0 Å². The molecule has 0 unspecified atom stereocenters. The zero-order valence-electron chi connectivity index (χ0n) is 5.27. The zero-order valence-corrected chi connectivity index (χ0v) is 6.42. The van der Waals surface area contributed by atoms with Crippen molar-refractivity contribution in [3.63, 3.8) is 0 Å². The van der Waals surface area contributed by atoms with Gasteiger partial charge in [-0.1, -0.05) is 43.6 Å². The van der Waals surface area contributed by atoms with E-state index < -0.39 is 8.80 Å². The fraction of sp³-hybridized carbons (Fsp3) is 0.714. The van der Waals surface area contributed by atoms with Gasteiger partial charge in [-0.25, -0.2) is 0 Å². The van der Waals surface area contributed by atoms with Crippen LogP contribution in [0.5, 0.6) is 0 Å². The molecule has 0 amide bonds. The molecule has 0 aromatic carbocycles. The van der Waals surface area contributed by atoms with Gasteiger partial charge in [-0.3, -0.25) is 0 Å². The highest BCUT2D eigenvalue weighted by molar-refractivity contribution is 6.64. The molecule has 0 atom stereocenters. The van der Waals surface area contributed by atoms with Crippen LogP contribution >= 0.6 is 0 Å². The molecule has 0 N–H and O–H groups in total. The fourth-order valence-corrected chi connectivity index (χ4v) is 3.63. The maximum atomic E-state index is 5.44. The molecule has 1 rings (SSSR count). The highest BCUT2D eigenvalue weighted by atomic mass is 28.3. The Morgan fingerprint density at radius 1 is 1.12 bits per heavy atom. The van der Waals surface area contributed by atoms with Crippen molar-refractivity contribution in [2.45, 2.75) is 31.4 Å². The van der Waals surface area contributed by atoms with Crippen LogP contribution in [0.4, 0.5) is 0 Å². The van der Waals surface area contributed by atoms with E-state index in [-0.39, 0.29) is 0 Å². The molecule has 8 heavy (non-hydrogen) atoms. The van der Waals surface area contributed by atoms with Crippen LogP contribution in [-0.2, 0) is 0 Å². The smallest absolute Gasteiger partial charge is 0.0615 e. The van der Waals surface area contributed by atoms with Gasteiger partial charge in [-0.05, 0) is 0 Å². The molecule has 0 aromatic rings. The van der Waals surface area contributed by atoms with Crippen LogP contribution in [0.2, 0.25) is 12.1 Å². The van der Waals surface area contributed by atoms with Gasteiger partial charge in [-0.2, -0.15) is 0 Å². The summed E-state index contributed by atoms with van der Waals surface area (Å²) in [7, 11) is -0.453. The van der Waals surface area contributed by atoms with E-state index in [0.717, 1.165) is 0 Å². The summed E-state index contributed by atoms with van der Waals surface area (Å²) in [5.41, 5.74) is 2.00. The van der Waals surface area contributed by atoms with Crippen LogP contribution in [0.25, 0.3) is 0 Å². The van der Waals surface area contributed by atoms with E-state index in [4.69, 9.17) is 6.58 Å². The normalized spacial score (nSPS) is 23.0. The predicted molar refractivity (Wildman–Crippen MR) is 39.5 cm³/mol. The zero-order chi connectivity index (χ0) is 5.82. The van der Waals surface area contributed by atoms with Gasteiger partial charge in [0.2, 0.25) is 0 Å². The molecule has 0 spiro atoms. The van der Waals surface area contributed by atoms with Crippen LogP contribution in [0.1, 0.15) is 19.3 Å². The Morgan fingerprint density at radius 3 is 2.12 bits per heavy atom. The lowest BCUT2D eigenvalue weighted by Crippen LogP contribution is -2.12. The second kappa shape index (κ2) is 3.08. The lowest BCUT2D eigenvalue weighted by molar-refractivity contribution is 0.727. The summed E-state index contributed by atoms with van der Waals surface area (Å²) in [5, 5.41) is 0. The first kappa shape index (κ1) is 6.08. The molecule has 0 saturated carbocycles. The Hall–Kier alpha value is -0.0431. The summed E-state index contributed by atoms with van der Waals surface area (Å²) in [6, 6.07) is 2.94. The van der Waals surface area contributed by atoms with Crippen molar-refractivity contribution in [2.24, 2.45) is 0 Å². The predicted octanol–water partition coefficient (Wildman–Crippen LogP) is 1.93. The quantitative estimate of drug-likeness (QED) is 0.470. The Bertz CT molecular complexity index is 72.5. The molecule has 1 heterocycles. The first-order valence-electron chi connectivity index (χ1n) is 3.48. The van der Waals surface area contributed by atoms with Gasteiger partial charge in [0.1, 0.15) is 0 Å². The van der Waals surface area contributed by atoms with Crippen LogP contribution in [0, 0.1) is 6.58 Å². The molecule has 1 saturated heterocycles. The molecule has 0 nitrogen and oxygen atoms in total. The van der Waals surface area contributed by atoms with E-state index >= 15 is 0 Å². The second-order valence-corrected chi connectivity index (χ2v) is 5.65. The van der Waals surface area contributed by atoms with Gasteiger partial charge in [-0.15, -0.1) is 0 Å². The molecule has 0 aliphatic carbocycles. The van der Waals surface area contributed by atoms with Crippen molar-refractivity contribution in [1.29, 1.82) is 0 Å². The standard InChI is InChI=1S/C7H13Si/c1-2-8-6-4-3-5-7-8/h1-2,8H,3-7H2. The lowest BCUT2D eigenvalue weighted by atomic mass is 10.3. The number of rotatable bonds is 1. The van der Waals surface area contributed by atoms with Crippen molar-refractivity contribution >= 4 is 8.80 Å². The molecule has 45 valence electrons. The van der Waals surface area contributed by atoms with E-state index in [1.165, 1.54) is 31.4 Å².